The molecule has 0 radical (unpaired) electrons. The number of hydrogen-bond donors (Lipinski definition) is 0. The van der Waals surface area contributed by atoms with E-state index in [1.807, 2.05) is 36.4 Å². The molecule has 0 saturated heterocycles. The van der Waals surface area contributed by atoms with Crippen LogP contribution in [0, 0.1) is 0 Å². The highest BCUT2D eigenvalue weighted by Gasteiger charge is 2.03. The lowest BCUT2D eigenvalue weighted by molar-refractivity contribution is 0.109. The van der Waals surface area contributed by atoms with Crippen LogP contribution >= 0.6 is 15.9 Å². The minimum absolute atomic E-state index is 0.0980. The molecule has 0 N–H and O–H groups in total. The van der Waals surface area contributed by atoms with Crippen molar-refractivity contribution in [3.8, 4) is 5.75 Å². The summed E-state index contributed by atoms with van der Waals surface area (Å²) >= 11 is 2.96. The first kappa shape index (κ1) is 13.8. The first-order chi connectivity index (χ1) is 9.20. The average molecular weight is 319 g/mol. The van der Waals surface area contributed by atoms with Gasteiger partial charge < -0.3 is 4.74 Å². The fourth-order valence-electron chi connectivity index (χ4n) is 1.85. The van der Waals surface area contributed by atoms with E-state index in [9.17, 15) is 4.79 Å². The van der Waals surface area contributed by atoms with E-state index in [4.69, 9.17) is 4.74 Å². The first-order valence-electron chi connectivity index (χ1n) is 6.18. The van der Waals surface area contributed by atoms with Crippen LogP contribution in [0.25, 0.3) is 10.8 Å². The Hall–Kier alpha value is -1.61. The summed E-state index contributed by atoms with van der Waals surface area (Å²) in [5.74, 6) is 0.856. The van der Waals surface area contributed by atoms with Crippen LogP contribution < -0.4 is 4.74 Å². The molecular weight excluding hydrogens is 304 g/mol. The fourth-order valence-corrected chi connectivity index (χ4v) is 2.10. The monoisotopic (exact) mass is 318 g/mol. The van der Waals surface area contributed by atoms with Crippen molar-refractivity contribution >= 4 is 31.4 Å². The number of unbranched alkanes of at least 4 members (excludes halogenated alkanes) is 1. The number of allylic oxidation sites excluding steroid dienone is 1. The molecule has 0 bridgehead atoms. The van der Waals surface area contributed by atoms with Gasteiger partial charge in [-0.3, -0.25) is 4.79 Å². The predicted molar refractivity (Wildman–Crippen MR) is 82.1 cm³/mol. The van der Waals surface area contributed by atoms with Crippen LogP contribution in [0.5, 0.6) is 5.75 Å². The molecule has 98 valence electrons. The zero-order valence-electron chi connectivity index (χ0n) is 10.6. The van der Waals surface area contributed by atoms with Gasteiger partial charge >= 0.3 is 0 Å². The van der Waals surface area contributed by atoms with E-state index in [0.717, 1.165) is 29.4 Å². The Morgan fingerprint density at radius 2 is 1.95 bits per heavy atom. The molecule has 0 heterocycles. The van der Waals surface area contributed by atoms with Gasteiger partial charge in [-0.25, -0.2) is 0 Å². The van der Waals surface area contributed by atoms with Gasteiger partial charge in [-0.2, -0.15) is 0 Å². The second-order valence-corrected chi connectivity index (χ2v) is 5.00. The van der Waals surface area contributed by atoms with Crippen molar-refractivity contribution in [1.82, 2.24) is 0 Å². The molecule has 0 spiro atoms. The van der Waals surface area contributed by atoms with E-state index in [1.165, 1.54) is 0 Å². The molecule has 2 aromatic rings. The van der Waals surface area contributed by atoms with Crippen LogP contribution in [-0.4, -0.2) is 11.3 Å². The quantitative estimate of drug-likeness (QED) is 0.437. The van der Waals surface area contributed by atoms with E-state index in [0.29, 0.717) is 12.2 Å². The highest BCUT2D eigenvalue weighted by molar-refractivity contribution is 9.18. The molecule has 0 aliphatic carbocycles. The molecule has 0 atom stereocenters. The summed E-state index contributed by atoms with van der Waals surface area (Å²) in [6.45, 7) is 4.37. The third-order valence-corrected chi connectivity index (χ3v) is 3.32. The number of carbonyl (C=O) groups excluding carboxylic acids is 1. The highest BCUT2D eigenvalue weighted by atomic mass is 79.9. The lowest BCUT2D eigenvalue weighted by Crippen LogP contribution is -1.96. The molecule has 0 saturated carbocycles. The molecular formula is C16H15BrO2. The van der Waals surface area contributed by atoms with E-state index in [1.54, 1.807) is 6.07 Å². The third kappa shape index (κ3) is 3.67. The minimum Gasteiger partial charge on any atom is -0.494 e. The summed E-state index contributed by atoms with van der Waals surface area (Å²) in [6.07, 6.45) is 3.82. The Morgan fingerprint density at radius 3 is 2.68 bits per heavy atom. The molecule has 3 heteroatoms. The van der Waals surface area contributed by atoms with Gasteiger partial charge in [-0.05, 0) is 63.8 Å². The highest BCUT2D eigenvalue weighted by Crippen LogP contribution is 2.23. The number of benzene rings is 2. The van der Waals surface area contributed by atoms with Gasteiger partial charge in [0.25, 0.3) is 0 Å². The van der Waals surface area contributed by atoms with E-state index in [-0.39, 0.29) is 4.69 Å². The van der Waals surface area contributed by atoms with Crippen LogP contribution in [-0.2, 0) is 0 Å². The van der Waals surface area contributed by atoms with Crippen molar-refractivity contribution in [1.29, 1.82) is 0 Å². The van der Waals surface area contributed by atoms with Crippen LogP contribution in [0.1, 0.15) is 23.2 Å². The van der Waals surface area contributed by atoms with Crippen molar-refractivity contribution in [2.24, 2.45) is 0 Å². The lowest BCUT2D eigenvalue weighted by Gasteiger charge is -2.07. The molecule has 19 heavy (non-hydrogen) atoms. The maximum Gasteiger partial charge on any atom is 0.228 e. The summed E-state index contributed by atoms with van der Waals surface area (Å²) in [5.41, 5.74) is 0.659. The number of fused-ring (bicyclic) bond motifs is 1. The minimum atomic E-state index is -0.0980. The van der Waals surface area contributed by atoms with Crippen LogP contribution in [0.2, 0.25) is 0 Å². The Bertz CT molecular complexity index is 605. The predicted octanol–water partition coefficient (Wildman–Crippen LogP) is 4.72. The SMILES string of the molecule is C=CCCCOc1ccc2cc(C(=O)Br)ccc2c1. The Kier molecular flexibility index (Phi) is 4.74. The van der Waals surface area contributed by atoms with Gasteiger partial charge in [-0.1, -0.05) is 18.2 Å². The number of halogens is 1. The van der Waals surface area contributed by atoms with Crippen molar-refractivity contribution < 1.29 is 9.53 Å². The van der Waals surface area contributed by atoms with E-state index in [2.05, 4.69) is 22.5 Å². The maximum atomic E-state index is 11.2. The van der Waals surface area contributed by atoms with Gasteiger partial charge in [0.2, 0.25) is 4.69 Å². The Morgan fingerprint density at radius 1 is 1.21 bits per heavy atom. The summed E-state index contributed by atoms with van der Waals surface area (Å²) in [6, 6.07) is 11.5. The van der Waals surface area contributed by atoms with E-state index >= 15 is 0 Å². The second-order valence-electron chi connectivity index (χ2n) is 4.28. The van der Waals surface area contributed by atoms with Crippen LogP contribution in [0.3, 0.4) is 0 Å². The van der Waals surface area contributed by atoms with Gasteiger partial charge in [0, 0.05) is 5.56 Å². The standard InChI is InChI=1S/C16H15BrO2/c1-2-3-4-9-19-15-8-7-12-10-14(16(17)18)6-5-13(12)11-15/h2,5-8,10-11H,1,3-4,9H2. The molecule has 0 unspecified atom stereocenters. The van der Waals surface area contributed by atoms with Crippen molar-refractivity contribution in [3.63, 3.8) is 0 Å². The molecule has 2 aromatic carbocycles. The molecule has 2 nitrogen and oxygen atoms in total. The van der Waals surface area contributed by atoms with Gasteiger partial charge in [0.15, 0.2) is 0 Å². The Labute approximate surface area is 121 Å². The zero-order valence-corrected chi connectivity index (χ0v) is 12.2. The Balaban J connectivity index is 2.14. The van der Waals surface area contributed by atoms with Crippen molar-refractivity contribution in [2.75, 3.05) is 6.61 Å². The molecule has 0 aliphatic rings. The summed E-state index contributed by atoms with van der Waals surface area (Å²) in [7, 11) is 0. The van der Waals surface area contributed by atoms with Gasteiger partial charge in [0.1, 0.15) is 5.75 Å². The second kappa shape index (κ2) is 6.53. The summed E-state index contributed by atoms with van der Waals surface area (Å²) < 4.78 is 5.57. The third-order valence-electron chi connectivity index (χ3n) is 2.86. The lowest BCUT2D eigenvalue weighted by atomic mass is 10.1. The number of rotatable bonds is 6. The number of ether oxygens (including phenoxy) is 1. The van der Waals surface area contributed by atoms with E-state index < -0.39 is 0 Å². The summed E-state index contributed by atoms with van der Waals surface area (Å²) in [4.78, 5) is 11.2. The maximum absolute atomic E-state index is 11.2. The summed E-state index contributed by atoms with van der Waals surface area (Å²) in [5, 5.41) is 2.10. The first-order valence-corrected chi connectivity index (χ1v) is 6.97. The van der Waals surface area contributed by atoms with Crippen molar-refractivity contribution in [3.05, 3.63) is 54.6 Å². The molecule has 0 aromatic heterocycles. The van der Waals surface area contributed by atoms with Crippen LogP contribution in [0.4, 0.5) is 0 Å². The largest absolute Gasteiger partial charge is 0.494 e. The molecule has 0 fully saturated rings. The zero-order chi connectivity index (χ0) is 13.7. The molecule has 2 rings (SSSR count). The van der Waals surface area contributed by atoms with Gasteiger partial charge in [-0.15, -0.1) is 6.58 Å². The fraction of sp³-hybridized carbons (Fsp3) is 0.188. The normalized spacial score (nSPS) is 10.4. The topological polar surface area (TPSA) is 26.3 Å². The smallest absolute Gasteiger partial charge is 0.228 e. The molecule has 0 amide bonds. The van der Waals surface area contributed by atoms with Crippen molar-refractivity contribution in [2.45, 2.75) is 12.8 Å². The van der Waals surface area contributed by atoms with Crippen LogP contribution in [0.15, 0.2) is 49.1 Å². The average Bonchev–Trinajstić information content (AvgIpc) is 2.43. The number of carbonyl (C=O) groups is 1. The van der Waals surface area contributed by atoms with Gasteiger partial charge in [0.05, 0.1) is 6.61 Å². The molecule has 0 aliphatic heterocycles. The number of hydrogen-bond acceptors (Lipinski definition) is 2.